The molecule has 1 fully saturated rings. The molecular weight excluding hydrogens is 246 g/mol. The Morgan fingerprint density at radius 1 is 1.25 bits per heavy atom. The molecule has 1 unspecified atom stereocenters. The molecule has 0 radical (unpaired) electrons. The number of hydrogen-bond acceptors (Lipinski definition) is 2. The van der Waals surface area contributed by atoms with Crippen molar-refractivity contribution in [3.8, 4) is 0 Å². The van der Waals surface area contributed by atoms with Crippen molar-refractivity contribution in [1.82, 2.24) is 5.32 Å². The van der Waals surface area contributed by atoms with Gasteiger partial charge in [0.15, 0.2) is 0 Å². The van der Waals surface area contributed by atoms with Crippen LogP contribution in [-0.4, -0.2) is 6.54 Å². The summed E-state index contributed by atoms with van der Waals surface area (Å²) in [5.74, 6) is 2.89. The zero-order valence-electron chi connectivity index (χ0n) is 13.9. The summed E-state index contributed by atoms with van der Waals surface area (Å²) in [6, 6.07) is 2.71. The van der Waals surface area contributed by atoms with E-state index in [1.54, 1.807) is 0 Å². The Bertz CT molecular complexity index is 427. The molecule has 1 heterocycles. The van der Waals surface area contributed by atoms with Gasteiger partial charge in [-0.25, -0.2) is 0 Å². The lowest BCUT2D eigenvalue weighted by atomic mass is 9.70. The quantitative estimate of drug-likeness (QED) is 0.777. The van der Waals surface area contributed by atoms with Crippen LogP contribution in [0.4, 0.5) is 0 Å². The van der Waals surface area contributed by atoms with Gasteiger partial charge in [-0.3, -0.25) is 0 Å². The molecule has 0 saturated heterocycles. The molecule has 20 heavy (non-hydrogen) atoms. The highest BCUT2D eigenvalue weighted by Gasteiger charge is 2.43. The van der Waals surface area contributed by atoms with Gasteiger partial charge >= 0.3 is 0 Å². The minimum Gasteiger partial charge on any atom is -0.466 e. The maximum Gasteiger partial charge on any atom is 0.105 e. The third-order valence-electron chi connectivity index (χ3n) is 4.83. The molecule has 1 N–H and O–H groups in total. The van der Waals surface area contributed by atoms with E-state index >= 15 is 0 Å². The first-order valence-corrected chi connectivity index (χ1v) is 8.29. The fourth-order valence-electron chi connectivity index (χ4n) is 4.30. The summed E-state index contributed by atoms with van der Waals surface area (Å²) in [4.78, 5) is 0. The Kier molecular flexibility index (Phi) is 4.95. The zero-order valence-corrected chi connectivity index (χ0v) is 13.9. The van der Waals surface area contributed by atoms with Crippen LogP contribution in [0.5, 0.6) is 0 Å². The van der Waals surface area contributed by atoms with E-state index in [0.29, 0.717) is 11.5 Å². The van der Waals surface area contributed by atoms with Gasteiger partial charge in [0.1, 0.15) is 11.5 Å². The van der Waals surface area contributed by atoms with Gasteiger partial charge in [0.25, 0.3) is 0 Å². The Balaban J connectivity index is 2.36. The second-order valence-corrected chi connectivity index (χ2v) is 7.03. The monoisotopic (exact) mass is 277 g/mol. The normalized spacial score (nSPS) is 19.7. The molecule has 0 aromatic carbocycles. The van der Waals surface area contributed by atoms with E-state index in [4.69, 9.17) is 4.42 Å². The summed E-state index contributed by atoms with van der Waals surface area (Å²) < 4.78 is 5.81. The molecule has 1 atom stereocenters. The van der Waals surface area contributed by atoms with Crippen LogP contribution in [0.15, 0.2) is 10.5 Å². The molecule has 0 spiro atoms. The summed E-state index contributed by atoms with van der Waals surface area (Å²) in [5, 5.41) is 3.78. The molecule has 114 valence electrons. The molecule has 1 aliphatic rings. The predicted octanol–water partition coefficient (Wildman–Crippen LogP) is 5.15. The van der Waals surface area contributed by atoms with Gasteiger partial charge < -0.3 is 9.73 Å². The highest BCUT2D eigenvalue weighted by Crippen LogP contribution is 2.52. The van der Waals surface area contributed by atoms with Crippen molar-refractivity contribution < 1.29 is 4.42 Å². The molecule has 1 saturated carbocycles. The molecule has 2 rings (SSSR count). The summed E-state index contributed by atoms with van der Waals surface area (Å²) in [5.41, 5.74) is 1.82. The largest absolute Gasteiger partial charge is 0.466 e. The number of hydrogen-bond donors (Lipinski definition) is 1. The lowest BCUT2D eigenvalue weighted by Crippen LogP contribution is -2.37. The first-order chi connectivity index (χ1) is 9.48. The molecule has 0 aliphatic heterocycles. The van der Waals surface area contributed by atoms with E-state index in [2.05, 4.69) is 46.0 Å². The lowest BCUT2D eigenvalue weighted by Gasteiger charge is -2.39. The second kappa shape index (κ2) is 6.34. The van der Waals surface area contributed by atoms with Gasteiger partial charge in [-0.1, -0.05) is 33.6 Å². The first-order valence-electron chi connectivity index (χ1n) is 8.29. The van der Waals surface area contributed by atoms with Gasteiger partial charge in [-0.2, -0.15) is 0 Å². The number of furan rings is 1. The second-order valence-electron chi connectivity index (χ2n) is 7.03. The average Bonchev–Trinajstić information content (AvgIpc) is 2.93. The van der Waals surface area contributed by atoms with E-state index in [1.807, 2.05) is 0 Å². The Hall–Kier alpha value is -0.760. The third-order valence-corrected chi connectivity index (χ3v) is 4.83. The van der Waals surface area contributed by atoms with Crippen LogP contribution in [0.25, 0.3) is 0 Å². The number of rotatable bonds is 6. The predicted molar refractivity (Wildman–Crippen MR) is 85.0 cm³/mol. The van der Waals surface area contributed by atoms with Crippen LogP contribution in [0.3, 0.4) is 0 Å². The number of nitrogens with one attached hydrogen (secondary N) is 1. The number of aryl methyl sites for hydroxylation is 2. The standard InChI is InChI=1S/C18H31NO/c1-6-19-17(16-11-14(4)20-15(16)5)18(12-13(2)3)9-7-8-10-18/h11,13,17,19H,6-10,12H2,1-5H3. The van der Waals surface area contributed by atoms with Crippen molar-refractivity contribution >= 4 is 0 Å². The third kappa shape index (κ3) is 3.11. The van der Waals surface area contributed by atoms with E-state index in [0.717, 1.165) is 24.0 Å². The van der Waals surface area contributed by atoms with Gasteiger partial charge in [-0.05, 0) is 57.1 Å². The SMILES string of the molecule is CCNC(c1cc(C)oc1C)C1(CC(C)C)CCCC1. The van der Waals surface area contributed by atoms with Gasteiger partial charge in [0, 0.05) is 11.6 Å². The van der Waals surface area contributed by atoms with Crippen molar-refractivity contribution in [2.75, 3.05) is 6.54 Å². The van der Waals surface area contributed by atoms with Crippen LogP contribution in [-0.2, 0) is 0 Å². The van der Waals surface area contributed by atoms with Crippen LogP contribution in [0.1, 0.15) is 76.0 Å². The smallest absolute Gasteiger partial charge is 0.105 e. The van der Waals surface area contributed by atoms with E-state index in [-0.39, 0.29) is 0 Å². The summed E-state index contributed by atoms with van der Waals surface area (Å²) >= 11 is 0. The van der Waals surface area contributed by atoms with Crippen LogP contribution >= 0.6 is 0 Å². The minimum absolute atomic E-state index is 0.422. The Labute approximate surface area is 124 Å². The Morgan fingerprint density at radius 3 is 2.35 bits per heavy atom. The molecule has 1 aromatic heterocycles. The fraction of sp³-hybridized carbons (Fsp3) is 0.778. The highest BCUT2D eigenvalue weighted by atomic mass is 16.3. The molecular formula is C18H31NO. The summed E-state index contributed by atoms with van der Waals surface area (Å²) in [6.07, 6.45) is 6.78. The highest BCUT2D eigenvalue weighted by molar-refractivity contribution is 5.27. The van der Waals surface area contributed by atoms with E-state index < -0.39 is 0 Å². The van der Waals surface area contributed by atoms with Crippen LogP contribution in [0.2, 0.25) is 0 Å². The maximum atomic E-state index is 5.81. The van der Waals surface area contributed by atoms with Crippen molar-refractivity contribution in [1.29, 1.82) is 0 Å². The summed E-state index contributed by atoms with van der Waals surface area (Å²) in [6.45, 7) is 12.1. The maximum absolute atomic E-state index is 5.81. The lowest BCUT2D eigenvalue weighted by molar-refractivity contribution is 0.155. The van der Waals surface area contributed by atoms with Crippen LogP contribution in [0, 0.1) is 25.2 Å². The zero-order chi connectivity index (χ0) is 14.8. The van der Waals surface area contributed by atoms with Crippen molar-refractivity contribution in [2.24, 2.45) is 11.3 Å². The van der Waals surface area contributed by atoms with Gasteiger partial charge in [-0.15, -0.1) is 0 Å². The van der Waals surface area contributed by atoms with E-state index in [1.165, 1.54) is 37.7 Å². The first kappa shape index (κ1) is 15.6. The van der Waals surface area contributed by atoms with Crippen molar-refractivity contribution in [3.05, 3.63) is 23.2 Å². The molecule has 1 aliphatic carbocycles. The molecule has 0 amide bonds. The van der Waals surface area contributed by atoms with E-state index in [9.17, 15) is 0 Å². The minimum atomic E-state index is 0.422. The topological polar surface area (TPSA) is 25.2 Å². The van der Waals surface area contributed by atoms with Crippen molar-refractivity contribution in [2.45, 2.75) is 72.8 Å². The van der Waals surface area contributed by atoms with Gasteiger partial charge in [0.05, 0.1) is 0 Å². The molecule has 2 nitrogen and oxygen atoms in total. The average molecular weight is 277 g/mol. The Morgan fingerprint density at radius 2 is 1.90 bits per heavy atom. The summed E-state index contributed by atoms with van der Waals surface area (Å²) in [7, 11) is 0. The molecule has 0 bridgehead atoms. The fourth-order valence-corrected chi connectivity index (χ4v) is 4.30. The van der Waals surface area contributed by atoms with Crippen molar-refractivity contribution in [3.63, 3.8) is 0 Å². The molecule has 2 heteroatoms. The van der Waals surface area contributed by atoms with Gasteiger partial charge in [0.2, 0.25) is 0 Å². The molecule has 1 aromatic rings. The van der Waals surface area contributed by atoms with Crippen LogP contribution < -0.4 is 5.32 Å².